The molecule has 0 saturated carbocycles. The fourth-order valence-corrected chi connectivity index (χ4v) is 2.17. The van der Waals surface area contributed by atoms with E-state index in [2.05, 4.69) is 51.7 Å². The lowest BCUT2D eigenvalue weighted by atomic mass is 10.2. The van der Waals surface area contributed by atoms with Gasteiger partial charge >= 0.3 is 0 Å². The molecule has 3 N–H and O–H groups in total. The molecule has 0 amide bonds. The van der Waals surface area contributed by atoms with Gasteiger partial charge in [0, 0.05) is 12.7 Å². The van der Waals surface area contributed by atoms with E-state index >= 15 is 0 Å². The van der Waals surface area contributed by atoms with Gasteiger partial charge in [0.05, 0.1) is 6.54 Å². The van der Waals surface area contributed by atoms with Crippen molar-refractivity contribution in [2.24, 2.45) is 5.84 Å². The summed E-state index contributed by atoms with van der Waals surface area (Å²) in [6.07, 6.45) is 0. The number of hydrogen-bond acceptors (Lipinski definition) is 6. The molecule has 0 radical (unpaired) electrons. The maximum absolute atomic E-state index is 5.27. The third-order valence-electron chi connectivity index (χ3n) is 2.44. The van der Waals surface area contributed by atoms with Gasteiger partial charge in [0.1, 0.15) is 5.01 Å². The molecule has 5 nitrogen and oxygen atoms in total. The molecule has 1 heterocycles. The molecule has 0 spiro atoms. The summed E-state index contributed by atoms with van der Waals surface area (Å²) in [6.45, 7) is 2.80. The lowest BCUT2D eigenvalue weighted by molar-refractivity contribution is 0.880. The zero-order valence-corrected chi connectivity index (χ0v) is 10.7. The zero-order valence-electron chi connectivity index (χ0n) is 9.84. The summed E-state index contributed by atoms with van der Waals surface area (Å²) >= 11 is 1.46. The number of nitrogen functional groups attached to an aromatic ring is 1. The lowest BCUT2D eigenvalue weighted by Gasteiger charge is -2.17. The summed E-state index contributed by atoms with van der Waals surface area (Å²) in [5.41, 5.74) is 4.91. The van der Waals surface area contributed by atoms with Crippen LogP contribution in [0.4, 0.5) is 10.8 Å². The van der Waals surface area contributed by atoms with E-state index < -0.39 is 0 Å². The van der Waals surface area contributed by atoms with Crippen molar-refractivity contribution < 1.29 is 0 Å². The smallest absolute Gasteiger partial charge is 0.219 e. The van der Waals surface area contributed by atoms with Crippen molar-refractivity contribution in [3.8, 4) is 0 Å². The number of nitrogens with two attached hydrogens (primary N) is 1. The molecule has 0 aliphatic carbocycles. The molecule has 0 fully saturated rings. The van der Waals surface area contributed by atoms with Crippen molar-refractivity contribution in [3.05, 3.63) is 34.8 Å². The van der Waals surface area contributed by atoms with E-state index in [1.165, 1.54) is 16.9 Å². The topological polar surface area (TPSA) is 67.1 Å². The summed E-state index contributed by atoms with van der Waals surface area (Å²) in [5.74, 6) is 5.27. The predicted octanol–water partition coefficient (Wildman–Crippen LogP) is 1.77. The zero-order chi connectivity index (χ0) is 12.3. The minimum Gasteiger partial charge on any atom is -0.368 e. The largest absolute Gasteiger partial charge is 0.368 e. The number of anilines is 2. The van der Waals surface area contributed by atoms with Gasteiger partial charge in [-0.25, -0.2) is 5.84 Å². The lowest BCUT2D eigenvalue weighted by Crippen LogP contribution is -2.16. The van der Waals surface area contributed by atoms with Crippen LogP contribution < -0.4 is 16.2 Å². The summed E-state index contributed by atoms with van der Waals surface area (Å²) in [4.78, 5) is 2.13. The van der Waals surface area contributed by atoms with Crippen LogP contribution in [0.5, 0.6) is 0 Å². The number of aryl methyl sites for hydroxylation is 1. The van der Waals surface area contributed by atoms with Crippen LogP contribution >= 0.6 is 11.3 Å². The Labute approximate surface area is 104 Å². The van der Waals surface area contributed by atoms with Crippen molar-refractivity contribution in [2.45, 2.75) is 13.5 Å². The molecule has 0 aliphatic heterocycles. The first-order valence-electron chi connectivity index (χ1n) is 5.26. The van der Waals surface area contributed by atoms with E-state index in [1.54, 1.807) is 0 Å². The second kappa shape index (κ2) is 5.11. The fourth-order valence-electron chi connectivity index (χ4n) is 1.47. The van der Waals surface area contributed by atoms with Crippen molar-refractivity contribution in [1.29, 1.82) is 0 Å². The number of hydrazine groups is 1. The van der Waals surface area contributed by atoms with Crippen molar-refractivity contribution in [3.63, 3.8) is 0 Å². The number of nitrogens with one attached hydrogen (secondary N) is 1. The van der Waals surface area contributed by atoms with Crippen LogP contribution in [0.3, 0.4) is 0 Å². The van der Waals surface area contributed by atoms with E-state index in [0.717, 1.165) is 17.2 Å². The first kappa shape index (κ1) is 11.8. The molecule has 0 saturated heterocycles. The Morgan fingerprint density at radius 3 is 2.59 bits per heavy atom. The Morgan fingerprint density at radius 2 is 2.00 bits per heavy atom. The number of benzene rings is 1. The number of rotatable bonds is 4. The van der Waals surface area contributed by atoms with E-state index in [-0.39, 0.29) is 0 Å². The van der Waals surface area contributed by atoms with Crippen LogP contribution in [0.15, 0.2) is 24.3 Å². The van der Waals surface area contributed by atoms with E-state index in [0.29, 0.717) is 5.13 Å². The first-order valence-corrected chi connectivity index (χ1v) is 6.07. The highest BCUT2D eigenvalue weighted by atomic mass is 32.1. The Morgan fingerprint density at radius 1 is 1.29 bits per heavy atom. The van der Waals surface area contributed by atoms with Gasteiger partial charge in [0.2, 0.25) is 5.13 Å². The predicted molar refractivity (Wildman–Crippen MR) is 71.0 cm³/mol. The third kappa shape index (κ3) is 2.92. The minimum absolute atomic E-state index is 0.636. The minimum atomic E-state index is 0.636. The third-order valence-corrected chi connectivity index (χ3v) is 3.28. The molecule has 0 bridgehead atoms. The molecule has 2 rings (SSSR count). The quantitative estimate of drug-likeness (QED) is 0.638. The van der Waals surface area contributed by atoms with E-state index in [1.807, 2.05) is 7.05 Å². The van der Waals surface area contributed by atoms with Crippen molar-refractivity contribution in [1.82, 2.24) is 10.2 Å². The SMILES string of the molecule is Cc1ccc(N(C)Cc2nnc(NN)s2)cc1. The van der Waals surface area contributed by atoms with E-state index in [9.17, 15) is 0 Å². The molecule has 1 aromatic heterocycles. The molecule has 0 unspecified atom stereocenters. The summed E-state index contributed by atoms with van der Waals surface area (Å²) in [7, 11) is 2.03. The standard InChI is InChI=1S/C11H15N5S/c1-8-3-5-9(6-4-8)16(2)7-10-14-15-11(13-12)17-10/h3-6H,7,12H2,1-2H3,(H,13,15). The summed E-state index contributed by atoms with van der Waals surface area (Å²) in [6, 6.07) is 8.38. The second-order valence-corrected chi connectivity index (χ2v) is 4.90. The van der Waals surface area contributed by atoms with Crippen LogP contribution in [0, 0.1) is 6.92 Å². The van der Waals surface area contributed by atoms with Gasteiger partial charge in [0.15, 0.2) is 0 Å². The van der Waals surface area contributed by atoms with Gasteiger partial charge in [0.25, 0.3) is 0 Å². The second-order valence-electron chi connectivity index (χ2n) is 3.84. The Balaban J connectivity index is 2.05. The number of hydrogen-bond donors (Lipinski definition) is 2. The monoisotopic (exact) mass is 249 g/mol. The van der Waals surface area contributed by atoms with Gasteiger partial charge in [-0.3, -0.25) is 5.43 Å². The van der Waals surface area contributed by atoms with Crippen LogP contribution in [0.1, 0.15) is 10.6 Å². The fraction of sp³-hybridized carbons (Fsp3) is 0.273. The van der Waals surface area contributed by atoms with Gasteiger partial charge in [-0.05, 0) is 19.1 Å². The highest BCUT2D eigenvalue weighted by Gasteiger charge is 2.06. The molecular weight excluding hydrogens is 234 g/mol. The molecule has 90 valence electrons. The Kier molecular flexibility index (Phi) is 3.55. The number of aromatic nitrogens is 2. The Bertz CT molecular complexity index is 479. The van der Waals surface area contributed by atoms with Crippen LogP contribution in [0.25, 0.3) is 0 Å². The number of nitrogens with zero attached hydrogens (tertiary/aromatic N) is 3. The van der Waals surface area contributed by atoms with Crippen molar-refractivity contribution in [2.75, 3.05) is 17.4 Å². The summed E-state index contributed by atoms with van der Waals surface area (Å²) < 4.78 is 0. The van der Waals surface area contributed by atoms with E-state index in [4.69, 9.17) is 5.84 Å². The first-order chi connectivity index (χ1) is 8.19. The molecule has 0 atom stereocenters. The Hall–Kier alpha value is -1.66. The van der Waals surface area contributed by atoms with Crippen LogP contribution in [-0.4, -0.2) is 17.2 Å². The highest BCUT2D eigenvalue weighted by Crippen LogP contribution is 2.19. The molecular formula is C11H15N5S. The molecule has 17 heavy (non-hydrogen) atoms. The van der Waals surface area contributed by atoms with Gasteiger partial charge in [-0.2, -0.15) is 0 Å². The van der Waals surface area contributed by atoms with Crippen molar-refractivity contribution >= 4 is 22.2 Å². The normalized spacial score (nSPS) is 10.3. The van der Waals surface area contributed by atoms with Crippen LogP contribution in [0.2, 0.25) is 0 Å². The molecule has 6 heteroatoms. The molecule has 0 aliphatic rings. The van der Waals surface area contributed by atoms with Gasteiger partial charge < -0.3 is 4.90 Å². The van der Waals surface area contributed by atoms with Gasteiger partial charge in [-0.1, -0.05) is 29.0 Å². The molecule has 2 aromatic rings. The van der Waals surface area contributed by atoms with Crippen LogP contribution in [-0.2, 0) is 6.54 Å². The summed E-state index contributed by atoms with van der Waals surface area (Å²) in [5, 5.41) is 9.52. The average Bonchev–Trinajstić information content (AvgIpc) is 2.77. The molecule has 1 aromatic carbocycles. The maximum Gasteiger partial charge on any atom is 0.219 e. The maximum atomic E-state index is 5.27. The van der Waals surface area contributed by atoms with Gasteiger partial charge in [-0.15, -0.1) is 10.2 Å². The average molecular weight is 249 g/mol. The highest BCUT2D eigenvalue weighted by molar-refractivity contribution is 7.15.